The highest BCUT2D eigenvalue weighted by atomic mass is 35.5. The van der Waals surface area contributed by atoms with Crippen LogP contribution in [0.3, 0.4) is 0 Å². The third-order valence-electron chi connectivity index (χ3n) is 6.37. The summed E-state index contributed by atoms with van der Waals surface area (Å²) in [7, 11) is 1.54. The molecule has 2 heterocycles. The number of aliphatic carboxylic acids is 1. The van der Waals surface area contributed by atoms with Crippen LogP contribution in [0.4, 0.5) is 5.69 Å². The number of para-hydroxylation sites is 1. The number of hydrogen-bond acceptors (Lipinski definition) is 7. The van der Waals surface area contributed by atoms with Crippen molar-refractivity contribution < 1.29 is 24.2 Å². The summed E-state index contributed by atoms with van der Waals surface area (Å²) in [5, 5.41) is 12.0. The highest BCUT2D eigenvalue weighted by molar-refractivity contribution is 7.07. The molecule has 12 heteroatoms. The average molecular weight is 625 g/mol. The minimum Gasteiger partial charge on any atom is -0.497 e. The first-order valence-corrected chi connectivity index (χ1v) is 14.1. The molecule has 42 heavy (non-hydrogen) atoms. The predicted octanol–water partition coefficient (Wildman–Crippen LogP) is 4.65. The second-order valence-corrected chi connectivity index (χ2v) is 11.0. The number of thiazole rings is 1. The van der Waals surface area contributed by atoms with Crippen molar-refractivity contribution in [3.05, 3.63) is 119 Å². The van der Waals surface area contributed by atoms with E-state index in [2.05, 4.69) is 10.3 Å². The summed E-state index contributed by atoms with van der Waals surface area (Å²) in [5.74, 6) is -0.964. The number of rotatable bonds is 8. The van der Waals surface area contributed by atoms with Gasteiger partial charge in [0.25, 0.3) is 11.5 Å². The van der Waals surface area contributed by atoms with Gasteiger partial charge in [-0.1, -0.05) is 64.9 Å². The van der Waals surface area contributed by atoms with Crippen molar-refractivity contribution in [3.63, 3.8) is 0 Å². The van der Waals surface area contributed by atoms with Crippen molar-refractivity contribution in [1.29, 1.82) is 0 Å². The Labute approximate surface area is 253 Å². The Hall–Kier alpha value is -4.38. The number of fused-ring (bicyclic) bond motifs is 1. The fraction of sp³-hybridized carbons (Fsp3) is 0.133. The molecule has 0 spiro atoms. The number of nitrogens with one attached hydrogen (secondary N) is 1. The SMILES string of the molecule is COc1cccc([C@H]2C(C(=O)Nc3ccccc3)=C(C)N=c3s/c(=C\c4cc(Cl)c(OCC(=O)O)c(Cl)c4)c(=O)n32)c1. The Morgan fingerprint density at radius 2 is 1.81 bits per heavy atom. The molecule has 0 unspecified atom stereocenters. The van der Waals surface area contributed by atoms with Crippen LogP contribution in [-0.4, -0.2) is 35.3 Å². The number of halogens is 2. The normalized spacial score (nSPS) is 14.7. The van der Waals surface area contributed by atoms with Gasteiger partial charge in [-0.25, -0.2) is 9.79 Å². The van der Waals surface area contributed by atoms with Crippen molar-refractivity contribution in [2.24, 2.45) is 4.99 Å². The smallest absolute Gasteiger partial charge is 0.341 e. The largest absolute Gasteiger partial charge is 0.497 e. The lowest BCUT2D eigenvalue weighted by Crippen LogP contribution is -2.40. The molecule has 0 saturated heterocycles. The van der Waals surface area contributed by atoms with E-state index in [1.807, 2.05) is 24.3 Å². The lowest BCUT2D eigenvalue weighted by atomic mass is 9.95. The first-order valence-electron chi connectivity index (χ1n) is 12.5. The molecule has 1 amide bonds. The quantitative estimate of drug-likeness (QED) is 0.295. The van der Waals surface area contributed by atoms with E-state index in [0.717, 1.165) is 11.3 Å². The van der Waals surface area contributed by atoms with Crippen molar-refractivity contribution >= 4 is 58.2 Å². The van der Waals surface area contributed by atoms with Gasteiger partial charge >= 0.3 is 5.97 Å². The number of hydrogen-bond donors (Lipinski definition) is 2. The van der Waals surface area contributed by atoms with Crippen LogP contribution in [0.15, 0.2) is 87.8 Å². The molecule has 214 valence electrons. The summed E-state index contributed by atoms with van der Waals surface area (Å²) in [6.45, 7) is 1.13. The molecule has 0 bridgehead atoms. The molecule has 0 saturated carbocycles. The number of carboxylic acids is 1. The van der Waals surface area contributed by atoms with Crippen LogP contribution in [0.1, 0.15) is 24.1 Å². The lowest BCUT2D eigenvalue weighted by Gasteiger charge is -2.25. The van der Waals surface area contributed by atoms with Gasteiger partial charge in [0.2, 0.25) is 0 Å². The minimum absolute atomic E-state index is 0.0297. The maximum Gasteiger partial charge on any atom is 0.341 e. The van der Waals surface area contributed by atoms with Gasteiger partial charge in [-0.2, -0.15) is 0 Å². The van der Waals surface area contributed by atoms with Crippen molar-refractivity contribution in [1.82, 2.24) is 4.57 Å². The minimum atomic E-state index is -1.18. The predicted molar refractivity (Wildman–Crippen MR) is 161 cm³/mol. The number of allylic oxidation sites excluding steroid dienone is 1. The summed E-state index contributed by atoms with van der Waals surface area (Å²) < 4.78 is 12.4. The number of methoxy groups -OCH3 is 1. The van der Waals surface area contributed by atoms with Crippen LogP contribution in [0.5, 0.6) is 11.5 Å². The van der Waals surface area contributed by atoms with E-state index < -0.39 is 18.6 Å². The Bertz CT molecular complexity index is 1890. The molecule has 0 radical (unpaired) electrons. The van der Waals surface area contributed by atoms with E-state index in [-0.39, 0.29) is 27.3 Å². The molecule has 5 rings (SSSR count). The standard InChI is InChI=1S/C30H23Cl2N3O6S/c1-16-25(28(38)34-19-8-4-3-5-9-19)26(18-7-6-10-20(14-18)40-2)35-29(39)23(42-30(35)33-16)13-17-11-21(31)27(22(32)12-17)41-15-24(36)37/h3-14,26H,15H2,1-2H3,(H,34,38)(H,36,37)/b23-13-/t26-/m0/s1. The van der Waals surface area contributed by atoms with Gasteiger partial charge in [0, 0.05) is 5.69 Å². The van der Waals surface area contributed by atoms with Gasteiger partial charge in [-0.3, -0.25) is 14.2 Å². The summed E-state index contributed by atoms with van der Waals surface area (Å²) in [6, 6.07) is 18.5. The Kier molecular flexibility index (Phi) is 8.49. The lowest BCUT2D eigenvalue weighted by molar-refractivity contribution is -0.139. The summed E-state index contributed by atoms with van der Waals surface area (Å²) in [5.41, 5.74) is 2.18. The zero-order chi connectivity index (χ0) is 30.0. The molecule has 0 fully saturated rings. The number of carbonyl (C=O) groups excluding carboxylic acids is 1. The van der Waals surface area contributed by atoms with E-state index in [1.165, 1.54) is 16.7 Å². The van der Waals surface area contributed by atoms with Crippen LogP contribution in [-0.2, 0) is 9.59 Å². The number of nitrogens with zero attached hydrogens (tertiary/aromatic N) is 2. The molecule has 1 aliphatic rings. The molecule has 3 aromatic carbocycles. The maximum atomic E-state index is 13.9. The first kappa shape index (κ1) is 29.1. The van der Waals surface area contributed by atoms with Gasteiger partial charge in [-0.05, 0) is 60.5 Å². The fourth-order valence-corrected chi connectivity index (χ4v) is 6.20. The number of aromatic nitrogens is 1. The molecular formula is C30H23Cl2N3O6S. The van der Waals surface area contributed by atoms with E-state index in [0.29, 0.717) is 43.2 Å². The van der Waals surface area contributed by atoms with Crippen molar-refractivity contribution in [2.45, 2.75) is 13.0 Å². The second kappa shape index (κ2) is 12.2. The van der Waals surface area contributed by atoms with E-state index in [4.69, 9.17) is 37.8 Å². The summed E-state index contributed by atoms with van der Waals surface area (Å²) >= 11 is 13.8. The van der Waals surface area contributed by atoms with Gasteiger partial charge in [0.15, 0.2) is 17.2 Å². The van der Waals surface area contributed by atoms with E-state index in [1.54, 1.807) is 50.4 Å². The van der Waals surface area contributed by atoms with Gasteiger partial charge < -0.3 is 19.9 Å². The second-order valence-electron chi connectivity index (χ2n) is 9.17. The van der Waals surface area contributed by atoms with Crippen LogP contribution >= 0.6 is 34.5 Å². The van der Waals surface area contributed by atoms with E-state index >= 15 is 0 Å². The zero-order valence-electron chi connectivity index (χ0n) is 22.3. The third-order valence-corrected chi connectivity index (χ3v) is 7.91. The Morgan fingerprint density at radius 3 is 2.48 bits per heavy atom. The summed E-state index contributed by atoms with van der Waals surface area (Å²) in [4.78, 5) is 43.6. The van der Waals surface area contributed by atoms with Crippen LogP contribution < -0.4 is 29.7 Å². The summed E-state index contributed by atoms with van der Waals surface area (Å²) in [6.07, 6.45) is 1.61. The average Bonchev–Trinajstić information content (AvgIpc) is 3.26. The fourth-order valence-electron chi connectivity index (χ4n) is 4.54. The molecule has 4 aromatic rings. The van der Waals surface area contributed by atoms with Gasteiger partial charge in [0.05, 0.1) is 39.0 Å². The van der Waals surface area contributed by atoms with Crippen LogP contribution in [0.2, 0.25) is 10.0 Å². The molecule has 2 N–H and O–H groups in total. The third kappa shape index (κ3) is 5.96. The van der Waals surface area contributed by atoms with Crippen molar-refractivity contribution in [3.8, 4) is 11.5 Å². The molecule has 1 atom stereocenters. The molecule has 0 aliphatic carbocycles. The van der Waals surface area contributed by atoms with Crippen LogP contribution in [0, 0.1) is 0 Å². The molecule has 1 aliphatic heterocycles. The molecule has 9 nitrogen and oxygen atoms in total. The highest BCUT2D eigenvalue weighted by Gasteiger charge is 2.32. The number of carbonyl (C=O) groups is 2. The van der Waals surface area contributed by atoms with E-state index in [9.17, 15) is 14.4 Å². The topological polar surface area (TPSA) is 119 Å². The number of benzene rings is 3. The zero-order valence-corrected chi connectivity index (χ0v) is 24.6. The van der Waals surface area contributed by atoms with Gasteiger partial charge in [0.1, 0.15) is 5.75 Å². The van der Waals surface area contributed by atoms with Crippen molar-refractivity contribution in [2.75, 3.05) is 19.0 Å². The van der Waals surface area contributed by atoms with Gasteiger partial charge in [-0.15, -0.1) is 0 Å². The number of anilines is 1. The molecule has 1 aromatic heterocycles. The number of ether oxygens (including phenoxy) is 2. The monoisotopic (exact) mass is 623 g/mol. The molecular weight excluding hydrogens is 601 g/mol. The first-order chi connectivity index (χ1) is 20.2. The van der Waals surface area contributed by atoms with Crippen LogP contribution in [0.25, 0.3) is 6.08 Å². The Morgan fingerprint density at radius 1 is 1.10 bits per heavy atom. The number of amides is 1. The number of carboxylic acid groups (broad SMARTS) is 1. The highest BCUT2D eigenvalue weighted by Crippen LogP contribution is 2.35. The Balaban J connectivity index is 1.63. The maximum absolute atomic E-state index is 13.9.